The first-order chi connectivity index (χ1) is 7.91. The molecule has 0 saturated carbocycles. The second-order valence-electron chi connectivity index (χ2n) is 5.41. The second kappa shape index (κ2) is 5.65. The molecule has 0 bridgehead atoms. The Morgan fingerprint density at radius 1 is 1.18 bits per heavy atom. The van der Waals surface area contributed by atoms with Crippen LogP contribution < -0.4 is 5.73 Å². The molecule has 0 aromatic heterocycles. The van der Waals surface area contributed by atoms with Crippen LogP contribution >= 0.6 is 0 Å². The number of benzene rings is 1. The van der Waals surface area contributed by atoms with Gasteiger partial charge in [0.1, 0.15) is 0 Å². The van der Waals surface area contributed by atoms with Gasteiger partial charge >= 0.3 is 0 Å². The van der Waals surface area contributed by atoms with E-state index in [0.717, 1.165) is 13.0 Å². The van der Waals surface area contributed by atoms with Crippen LogP contribution in [0.5, 0.6) is 0 Å². The average molecular weight is 234 g/mol. The first-order valence-electron chi connectivity index (χ1n) is 6.40. The molecule has 2 N–H and O–H groups in total. The van der Waals surface area contributed by atoms with Crippen LogP contribution in [0.3, 0.4) is 0 Å². The van der Waals surface area contributed by atoms with Crippen molar-refractivity contribution in [3.05, 3.63) is 34.9 Å². The number of aryl methyl sites for hydroxylation is 2. The Hall–Kier alpha value is -0.860. The van der Waals surface area contributed by atoms with Crippen LogP contribution in [0, 0.1) is 13.8 Å². The van der Waals surface area contributed by atoms with Crippen molar-refractivity contribution in [2.45, 2.75) is 46.2 Å². The number of hydrogen-bond donors (Lipinski definition) is 1. The van der Waals surface area contributed by atoms with Gasteiger partial charge in [0, 0.05) is 18.6 Å². The summed E-state index contributed by atoms with van der Waals surface area (Å²) in [5.41, 5.74) is 10.0. The zero-order chi connectivity index (χ0) is 13.1. The Labute approximate surface area is 106 Å². The summed E-state index contributed by atoms with van der Waals surface area (Å²) >= 11 is 0. The molecule has 17 heavy (non-hydrogen) atoms. The van der Waals surface area contributed by atoms with Gasteiger partial charge in [0.25, 0.3) is 0 Å². The SMILES string of the molecule is CCC(C)(CN)N(C)Cc1cc(C)cc(C)c1. The van der Waals surface area contributed by atoms with E-state index in [-0.39, 0.29) is 5.54 Å². The Bertz CT molecular complexity index is 347. The fourth-order valence-electron chi connectivity index (χ4n) is 2.20. The van der Waals surface area contributed by atoms with Gasteiger partial charge in [0.05, 0.1) is 0 Å². The quantitative estimate of drug-likeness (QED) is 0.849. The molecular formula is C15H26N2. The van der Waals surface area contributed by atoms with Crippen molar-refractivity contribution in [2.75, 3.05) is 13.6 Å². The minimum atomic E-state index is 0.0949. The normalized spacial score (nSPS) is 15.0. The van der Waals surface area contributed by atoms with Crippen LogP contribution in [0.15, 0.2) is 18.2 Å². The van der Waals surface area contributed by atoms with E-state index in [2.05, 4.69) is 57.8 Å². The van der Waals surface area contributed by atoms with Crippen LogP contribution in [0.25, 0.3) is 0 Å². The van der Waals surface area contributed by atoms with Gasteiger partial charge in [-0.05, 0) is 39.8 Å². The fourth-order valence-corrected chi connectivity index (χ4v) is 2.20. The average Bonchev–Trinajstić information content (AvgIpc) is 2.26. The van der Waals surface area contributed by atoms with Crippen molar-refractivity contribution >= 4 is 0 Å². The lowest BCUT2D eigenvalue weighted by molar-refractivity contribution is 0.131. The maximum Gasteiger partial charge on any atom is 0.0301 e. The van der Waals surface area contributed by atoms with Gasteiger partial charge in [-0.25, -0.2) is 0 Å². The molecule has 96 valence electrons. The molecule has 0 heterocycles. The molecule has 0 aliphatic heterocycles. The molecule has 0 radical (unpaired) electrons. The molecule has 2 heteroatoms. The van der Waals surface area contributed by atoms with Crippen molar-refractivity contribution in [1.29, 1.82) is 0 Å². The Morgan fingerprint density at radius 3 is 2.12 bits per heavy atom. The zero-order valence-electron chi connectivity index (χ0n) is 11.9. The number of likely N-dealkylation sites (N-methyl/N-ethyl adjacent to an activating group) is 1. The molecule has 0 saturated heterocycles. The fraction of sp³-hybridized carbons (Fsp3) is 0.600. The van der Waals surface area contributed by atoms with Gasteiger partial charge in [-0.3, -0.25) is 4.90 Å². The molecule has 0 aliphatic rings. The van der Waals surface area contributed by atoms with E-state index in [0.29, 0.717) is 6.54 Å². The van der Waals surface area contributed by atoms with Crippen LogP contribution in [0.2, 0.25) is 0 Å². The van der Waals surface area contributed by atoms with Crippen LogP contribution in [0.1, 0.15) is 37.0 Å². The van der Waals surface area contributed by atoms with E-state index in [9.17, 15) is 0 Å². The van der Waals surface area contributed by atoms with Crippen molar-refractivity contribution < 1.29 is 0 Å². The van der Waals surface area contributed by atoms with Gasteiger partial charge in [-0.2, -0.15) is 0 Å². The Balaban J connectivity index is 2.83. The number of nitrogens with zero attached hydrogens (tertiary/aromatic N) is 1. The highest BCUT2D eigenvalue weighted by Gasteiger charge is 2.25. The predicted octanol–water partition coefficient (Wildman–Crippen LogP) is 2.86. The van der Waals surface area contributed by atoms with Crippen molar-refractivity contribution in [2.24, 2.45) is 5.73 Å². The molecule has 0 fully saturated rings. The van der Waals surface area contributed by atoms with E-state index < -0.39 is 0 Å². The molecule has 1 unspecified atom stereocenters. The van der Waals surface area contributed by atoms with Gasteiger partial charge < -0.3 is 5.73 Å². The first-order valence-corrected chi connectivity index (χ1v) is 6.40. The number of rotatable bonds is 5. The van der Waals surface area contributed by atoms with E-state index >= 15 is 0 Å². The monoisotopic (exact) mass is 234 g/mol. The summed E-state index contributed by atoms with van der Waals surface area (Å²) < 4.78 is 0. The van der Waals surface area contributed by atoms with Gasteiger partial charge in [0.2, 0.25) is 0 Å². The summed E-state index contributed by atoms with van der Waals surface area (Å²) in [6.07, 6.45) is 1.07. The minimum absolute atomic E-state index is 0.0949. The second-order valence-corrected chi connectivity index (χ2v) is 5.41. The standard InChI is InChI=1S/C15H26N2/c1-6-15(4,11-16)17(5)10-14-8-12(2)7-13(3)9-14/h7-9H,6,10-11,16H2,1-5H3. The summed E-state index contributed by atoms with van der Waals surface area (Å²) in [7, 11) is 2.16. The third kappa shape index (κ3) is 3.55. The van der Waals surface area contributed by atoms with Crippen LogP contribution in [-0.4, -0.2) is 24.0 Å². The maximum atomic E-state index is 5.89. The summed E-state index contributed by atoms with van der Waals surface area (Å²) in [6.45, 7) is 10.4. The maximum absolute atomic E-state index is 5.89. The summed E-state index contributed by atoms with van der Waals surface area (Å²) in [4.78, 5) is 2.36. The van der Waals surface area contributed by atoms with Gasteiger partial charge in [-0.15, -0.1) is 0 Å². The van der Waals surface area contributed by atoms with Gasteiger partial charge in [-0.1, -0.05) is 36.2 Å². The lowest BCUT2D eigenvalue weighted by atomic mass is 9.96. The van der Waals surface area contributed by atoms with Crippen molar-refractivity contribution in [3.8, 4) is 0 Å². The third-order valence-corrected chi connectivity index (χ3v) is 3.82. The smallest absolute Gasteiger partial charge is 0.0301 e. The van der Waals surface area contributed by atoms with Crippen molar-refractivity contribution in [1.82, 2.24) is 4.90 Å². The molecule has 0 spiro atoms. The zero-order valence-corrected chi connectivity index (χ0v) is 11.9. The van der Waals surface area contributed by atoms with Crippen LogP contribution in [0.4, 0.5) is 0 Å². The third-order valence-electron chi connectivity index (χ3n) is 3.82. The lowest BCUT2D eigenvalue weighted by Crippen LogP contribution is -2.48. The van der Waals surface area contributed by atoms with E-state index in [1.807, 2.05) is 0 Å². The Morgan fingerprint density at radius 2 is 1.71 bits per heavy atom. The van der Waals surface area contributed by atoms with Gasteiger partial charge in [0.15, 0.2) is 0 Å². The lowest BCUT2D eigenvalue weighted by Gasteiger charge is -2.37. The molecule has 1 aromatic carbocycles. The molecule has 1 rings (SSSR count). The van der Waals surface area contributed by atoms with Crippen LogP contribution in [-0.2, 0) is 6.54 Å². The van der Waals surface area contributed by atoms with Crippen molar-refractivity contribution in [3.63, 3.8) is 0 Å². The summed E-state index contributed by atoms with van der Waals surface area (Å²) in [5, 5.41) is 0. The van der Waals surface area contributed by atoms with E-state index in [4.69, 9.17) is 5.73 Å². The number of hydrogen-bond acceptors (Lipinski definition) is 2. The summed E-state index contributed by atoms with van der Waals surface area (Å²) in [5.74, 6) is 0. The Kier molecular flexibility index (Phi) is 4.72. The molecular weight excluding hydrogens is 208 g/mol. The largest absolute Gasteiger partial charge is 0.329 e. The summed E-state index contributed by atoms with van der Waals surface area (Å²) in [6, 6.07) is 6.73. The van der Waals surface area contributed by atoms with E-state index in [1.54, 1.807) is 0 Å². The predicted molar refractivity (Wildman–Crippen MR) is 75.1 cm³/mol. The molecule has 1 aromatic rings. The molecule has 0 aliphatic carbocycles. The minimum Gasteiger partial charge on any atom is -0.329 e. The highest BCUT2D eigenvalue weighted by Crippen LogP contribution is 2.20. The molecule has 0 amide bonds. The highest BCUT2D eigenvalue weighted by atomic mass is 15.2. The first kappa shape index (κ1) is 14.2. The molecule has 2 nitrogen and oxygen atoms in total. The molecule has 1 atom stereocenters. The topological polar surface area (TPSA) is 29.3 Å². The van der Waals surface area contributed by atoms with E-state index in [1.165, 1.54) is 16.7 Å². The number of nitrogens with two attached hydrogens (primary N) is 1. The highest BCUT2D eigenvalue weighted by molar-refractivity contribution is 5.28.